The second-order valence-corrected chi connectivity index (χ2v) is 4.18. The van der Waals surface area contributed by atoms with Gasteiger partial charge in [-0.05, 0) is 12.1 Å². The number of carbonyl (C=O) groups is 1. The van der Waals surface area contributed by atoms with E-state index in [1.807, 2.05) is 14.1 Å². The Morgan fingerprint density at radius 3 is 2.74 bits per heavy atom. The van der Waals surface area contributed by atoms with Gasteiger partial charge in [-0.15, -0.1) is 0 Å². The van der Waals surface area contributed by atoms with Crippen LogP contribution in [0.2, 0.25) is 0 Å². The van der Waals surface area contributed by atoms with Crippen molar-refractivity contribution in [3.05, 3.63) is 46.3 Å². The molecular weight excluding hydrogens is 250 g/mol. The maximum Gasteiger partial charge on any atom is 0.371 e. The molecule has 0 amide bonds. The van der Waals surface area contributed by atoms with Gasteiger partial charge in [-0.1, -0.05) is 0 Å². The molecule has 2 heterocycles. The molecule has 2 aromatic heterocycles. The standard InChI is InChI=1S/C12H13N3O4/c1-14(2)8-5-11(16)15(13-6-8)7-9-3-4-10(19-9)12(17)18/h3-6H,7H2,1-2H3,(H,17,18). The van der Waals surface area contributed by atoms with Gasteiger partial charge in [0.2, 0.25) is 5.76 Å². The summed E-state index contributed by atoms with van der Waals surface area (Å²) in [5, 5.41) is 12.7. The van der Waals surface area contributed by atoms with Crippen LogP contribution in [0.4, 0.5) is 5.69 Å². The normalized spacial score (nSPS) is 10.4. The molecule has 0 aliphatic heterocycles. The largest absolute Gasteiger partial charge is 0.475 e. The van der Waals surface area contributed by atoms with E-state index in [1.54, 1.807) is 11.1 Å². The zero-order valence-corrected chi connectivity index (χ0v) is 10.5. The van der Waals surface area contributed by atoms with E-state index in [0.29, 0.717) is 11.4 Å². The maximum atomic E-state index is 11.8. The first-order valence-electron chi connectivity index (χ1n) is 5.54. The predicted octanol–water partition coefficient (Wildman–Crippen LogP) is 0.649. The van der Waals surface area contributed by atoms with Gasteiger partial charge in [-0.2, -0.15) is 5.10 Å². The van der Waals surface area contributed by atoms with Crippen molar-refractivity contribution in [2.75, 3.05) is 19.0 Å². The summed E-state index contributed by atoms with van der Waals surface area (Å²) in [6.07, 6.45) is 1.56. The third kappa shape index (κ3) is 2.82. The van der Waals surface area contributed by atoms with Crippen molar-refractivity contribution in [1.29, 1.82) is 0 Å². The first-order chi connectivity index (χ1) is 8.97. The first-order valence-corrected chi connectivity index (χ1v) is 5.54. The highest BCUT2D eigenvalue weighted by Gasteiger charge is 2.10. The fraction of sp³-hybridized carbons (Fsp3) is 0.250. The summed E-state index contributed by atoms with van der Waals surface area (Å²) >= 11 is 0. The number of anilines is 1. The molecule has 0 saturated heterocycles. The van der Waals surface area contributed by atoms with Crippen molar-refractivity contribution in [3.63, 3.8) is 0 Å². The van der Waals surface area contributed by atoms with Crippen LogP contribution in [0.1, 0.15) is 16.3 Å². The summed E-state index contributed by atoms with van der Waals surface area (Å²) in [4.78, 5) is 24.2. The zero-order valence-electron chi connectivity index (χ0n) is 10.5. The molecule has 0 radical (unpaired) electrons. The predicted molar refractivity (Wildman–Crippen MR) is 67.6 cm³/mol. The minimum atomic E-state index is -1.14. The van der Waals surface area contributed by atoms with Crippen molar-refractivity contribution in [3.8, 4) is 0 Å². The molecule has 0 aromatic carbocycles. The van der Waals surface area contributed by atoms with Gasteiger partial charge in [0.1, 0.15) is 12.3 Å². The van der Waals surface area contributed by atoms with Crippen LogP contribution < -0.4 is 10.5 Å². The summed E-state index contributed by atoms with van der Waals surface area (Å²) in [5.74, 6) is -0.938. The molecule has 19 heavy (non-hydrogen) atoms. The van der Waals surface area contributed by atoms with Gasteiger partial charge < -0.3 is 14.4 Å². The van der Waals surface area contributed by atoms with Gasteiger partial charge in [0, 0.05) is 20.2 Å². The highest BCUT2D eigenvalue weighted by Crippen LogP contribution is 2.09. The number of hydrogen-bond donors (Lipinski definition) is 1. The van der Waals surface area contributed by atoms with Crippen LogP contribution in [-0.2, 0) is 6.54 Å². The van der Waals surface area contributed by atoms with Crippen molar-refractivity contribution in [2.45, 2.75) is 6.54 Å². The molecule has 100 valence electrons. The Hall–Kier alpha value is -2.57. The Kier molecular flexibility index (Phi) is 3.37. The Balaban J connectivity index is 2.23. The fourth-order valence-electron chi connectivity index (χ4n) is 1.51. The number of carboxylic acid groups (broad SMARTS) is 1. The molecule has 0 spiro atoms. The molecule has 0 aliphatic rings. The summed E-state index contributed by atoms with van der Waals surface area (Å²) in [5.41, 5.74) is 0.423. The van der Waals surface area contributed by atoms with E-state index in [-0.39, 0.29) is 17.9 Å². The van der Waals surface area contributed by atoms with Crippen molar-refractivity contribution < 1.29 is 14.3 Å². The molecule has 7 heteroatoms. The molecule has 2 aromatic rings. The monoisotopic (exact) mass is 263 g/mol. The number of nitrogens with zero attached hydrogens (tertiary/aromatic N) is 3. The Morgan fingerprint density at radius 1 is 1.47 bits per heavy atom. The van der Waals surface area contributed by atoms with Crippen LogP contribution >= 0.6 is 0 Å². The lowest BCUT2D eigenvalue weighted by atomic mass is 10.4. The van der Waals surface area contributed by atoms with E-state index in [0.717, 1.165) is 0 Å². The van der Waals surface area contributed by atoms with Crippen LogP contribution in [-0.4, -0.2) is 35.0 Å². The van der Waals surface area contributed by atoms with E-state index < -0.39 is 5.97 Å². The van der Waals surface area contributed by atoms with Gasteiger partial charge in [-0.3, -0.25) is 4.79 Å². The molecule has 2 rings (SSSR count). The van der Waals surface area contributed by atoms with Gasteiger partial charge in [0.15, 0.2) is 0 Å². The number of aromatic nitrogens is 2. The number of hydrogen-bond acceptors (Lipinski definition) is 5. The average molecular weight is 263 g/mol. The van der Waals surface area contributed by atoms with E-state index in [9.17, 15) is 9.59 Å². The smallest absolute Gasteiger partial charge is 0.371 e. The second-order valence-electron chi connectivity index (χ2n) is 4.18. The van der Waals surface area contributed by atoms with E-state index in [1.165, 1.54) is 22.9 Å². The number of carboxylic acids is 1. The Bertz CT molecular complexity index is 657. The van der Waals surface area contributed by atoms with E-state index in [2.05, 4.69) is 5.10 Å². The summed E-state index contributed by atoms with van der Waals surface area (Å²) in [6, 6.07) is 4.31. The van der Waals surface area contributed by atoms with Gasteiger partial charge in [0.05, 0.1) is 11.9 Å². The van der Waals surface area contributed by atoms with Crippen molar-refractivity contribution in [2.24, 2.45) is 0 Å². The van der Waals surface area contributed by atoms with Crippen LogP contribution in [0.5, 0.6) is 0 Å². The zero-order chi connectivity index (χ0) is 14.0. The molecule has 0 aliphatic carbocycles. The van der Waals surface area contributed by atoms with Crippen molar-refractivity contribution >= 4 is 11.7 Å². The lowest BCUT2D eigenvalue weighted by Gasteiger charge is -2.11. The lowest BCUT2D eigenvalue weighted by Crippen LogP contribution is -2.24. The van der Waals surface area contributed by atoms with Gasteiger partial charge in [-0.25, -0.2) is 9.48 Å². The molecule has 0 fully saturated rings. The minimum absolute atomic E-state index is 0.0970. The second kappa shape index (κ2) is 4.97. The van der Waals surface area contributed by atoms with Gasteiger partial charge >= 0.3 is 5.97 Å². The third-order valence-electron chi connectivity index (χ3n) is 2.55. The molecule has 0 saturated carbocycles. The van der Waals surface area contributed by atoms with Crippen LogP contribution in [0.25, 0.3) is 0 Å². The fourth-order valence-corrected chi connectivity index (χ4v) is 1.51. The Morgan fingerprint density at radius 2 is 2.21 bits per heavy atom. The molecule has 1 N–H and O–H groups in total. The molecular formula is C12H13N3O4. The third-order valence-corrected chi connectivity index (χ3v) is 2.55. The molecule has 0 bridgehead atoms. The topological polar surface area (TPSA) is 88.6 Å². The number of rotatable bonds is 4. The summed E-state index contributed by atoms with van der Waals surface area (Å²) in [7, 11) is 3.62. The lowest BCUT2D eigenvalue weighted by molar-refractivity contribution is 0.0660. The molecule has 0 atom stereocenters. The highest BCUT2D eigenvalue weighted by molar-refractivity contribution is 5.84. The van der Waals surface area contributed by atoms with Crippen LogP contribution in [0, 0.1) is 0 Å². The van der Waals surface area contributed by atoms with Gasteiger partial charge in [0.25, 0.3) is 5.56 Å². The maximum absolute atomic E-state index is 11.8. The highest BCUT2D eigenvalue weighted by atomic mass is 16.4. The van der Waals surface area contributed by atoms with E-state index in [4.69, 9.17) is 9.52 Å². The number of furan rings is 1. The Labute approximate surface area is 108 Å². The SMILES string of the molecule is CN(C)c1cnn(Cc2ccc(C(=O)O)o2)c(=O)c1. The quantitative estimate of drug-likeness (QED) is 0.871. The van der Waals surface area contributed by atoms with Crippen molar-refractivity contribution in [1.82, 2.24) is 9.78 Å². The minimum Gasteiger partial charge on any atom is -0.475 e. The molecule has 7 nitrogen and oxygen atoms in total. The summed E-state index contributed by atoms with van der Waals surface area (Å²) in [6.45, 7) is 0.0970. The summed E-state index contributed by atoms with van der Waals surface area (Å²) < 4.78 is 6.28. The number of aromatic carboxylic acids is 1. The molecule has 0 unspecified atom stereocenters. The first kappa shape index (κ1) is 12.9. The average Bonchev–Trinajstić information content (AvgIpc) is 2.80. The van der Waals surface area contributed by atoms with Crippen LogP contribution in [0.15, 0.2) is 33.6 Å². The van der Waals surface area contributed by atoms with Crippen LogP contribution in [0.3, 0.4) is 0 Å². The van der Waals surface area contributed by atoms with E-state index >= 15 is 0 Å².